The van der Waals surface area contributed by atoms with Crippen LogP contribution in [0.25, 0.3) is 0 Å². The number of aryl methyl sites for hydroxylation is 1. The molecular weight excluding hydrogens is 172 g/mol. The molecule has 0 bridgehead atoms. The average Bonchev–Trinajstić information content (AvgIpc) is 2.57. The number of imidazole rings is 1. The second-order valence-electron chi connectivity index (χ2n) is 2.90. The number of hydrogen-bond donors (Lipinski definition) is 0. The number of unbranched alkanes of at least 4 members (excludes halogenated alkanes) is 3. The molecule has 0 atom stereocenters. The van der Waals surface area contributed by atoms with Crippen molar-refractivity contribution in [3.8, 4) is 0 Å². The predicted molar refractivity (Wildman–Crippen MR) is 51.4 cm³/mol. The van der Waals surface area contributed by atoms with Crippen molar-refractivity contribution in [3.63, 3.8) is 0 Å². The monoisotopic (exact) mass is 186 g/mol. The van der Waals surface area contributed by atoms with Gasteiger partial charge in [0.2, 0.25) is 0 Å². The summed E-state index contributed by atoms with van der Waals surface area (Å²) in [5, 5.41) is 0. The summed E-state index contributed by atoms with van der Waals surface area (Å²) in [6, 6.07) is 0. The third-order valence-electron chi connectivity index (χ3n) is 1.86. The lowest BCUT2D eigenvalue weighted by Crippen LogP contribution is -1.93. The van der Waals surface area contributed by atoms with E-state index in [-0.39, 0.29) is 0 Å². The van der Waals surface area contributed by atoms with Crippen molar-refractivity contribution in [2.45, 2.75) is 32.2 Å². The van der Waals surface area contributed by atoms with E-state index in [9.17, 15) is 0 Å². The molecule has 0 fully saturated rings. The van der Waals surface area contributed by atoms with E-state index in [1.807, 2.05) is 18.7 Å². The number of halogens is 1. The van der Waals surface area contributed by atoms with Crippen molar-refractivity contribution in [1.29, 1.82) is 0 Å². The zero-order valence-corrected chi connectivity index (χ0v) is 8.00. The number of hydrogen-bond acceptors (Lipinski definition) is 1. The molecule has 0 amide bonds. The molecule has 0 radical (unpaired) electrons. The summed E-state index contributed by atoms with van der Waals surface area (Å²) in [5.41, 5.74) is 0. The van der Waals surface area contributed by atoms with Crippen molar-refractivity contribution in [2.75, 3.05) is 5.88 Å². The highest BCUT2D eigenvalue weighted by atomic mass is 35.5. The highest BCUT2D eigenvalue weighted by molar-refractivity contribution is 6.17. The zero-order chi connectivity index (χ0) is 8.65. The van der Waals surface area contributed by atoms with Crippen molar-refractivity contribution >= 4 is 11.6 Å². The van der Waals surface area contributed by atoms with E-state index < -0.39 is 0 Å². The Labute approximate surface area is 78.6 Å². The molecule has 0 saturated carbocycles. The third-order valence-corrected chi connectivity index (χ3v) is 2.13. The van der Waals surface area contributed by atoms with Crippen molar-refractivity contribution in [3.05, 3.63) is 18.7 Å². The van der Waals surface area contributed by atoms with Crippen LogP contribution in [0.5, 0.6) is 0 Å². The van der Waals surface area contributed by atoms with Crippen LogP contribution < -0.4 is 0 Å². The topological polar surface area (TPSA) is 17.8 Å². The van der Waals surface area contributed by atoms with Gasteiger partial charge in [-0.15, -0.1) is 11.6 Å². The van der Waals surface area contributed by atoms with E-state index in [0.29, 0.717) is 0 Å². The summed E-state index contributed by atoms with van der Waals surface area (Å²) in [6.45, 7) is 1.09. The fourth-order valence-electron chi connectivity index (χ4n) is 1.16. The van der Waals surface area contributed by atoms with Crippen LogP contribution in [-0.4, -0.2) is 15.4 Å². The first-order valence-electron chi connectivity index (χ1n) is 4.45. The summed E-state index contributed by atoms with van der Waals surface area (Å²) in [4.78, 5) is 3.98. The summed E-state index contributed by atoms with van der Waals surface area (Å²) >= 11 is 5.56. The molecule has 0 aromatic carbocycles. The van der Waals surface area contributed by atoms with Crippen molar-refractivity contribution in [1.82, 2.24) is 9.55 Å². The molecule has 68 valence electrons. The minimum atomic E-state index is 0.797. The summed E-state index contributed by atoms with van der Waals surface area (Å²) in [7, 11) is 0. The molecule has 1 heterocycles. The van der Waals surface area contributed by atoms with Crippen LogP contribution in [0.1, 0.15) is 25.7 Å². The van der Waals surface area contributed by atoms with Gasteiger partial charge in [-0.3, -0.25) is 0 Å². The van der Waals surface area contributed by atoms with Gasteiger partial charge in [0.15, 0.2) is 0 Å². The lowest BCUT2D eigenvalue weighted by atomic mass is 10.2. The van der Waals surface area contributed by atoms with Gasteiger partial charge in [0.1, 0.15) is 0 Å². The Hall–Kier alpha value is -0.500. The number of aromatic nitrogens is 2. The van der Waals surface area contributed by atoms with Gasteiger partial charge >= 0.3 is 0 Å². The molecular formula is C9H15ClN2. The Morgan fingerprint density at radius 1 is 1.17 bits per heavy atom. The Bertz CT molecular complexity index is 184. The van der Waals surface area contributed by atoms with E-state index in [0.717, 1.165) is 18.8 Å². The van der Waals surface area contributed by atoms with Gasteiger partial charge < -0.3 is 4.57 Å². The highest BCUT2D eigenvalue weighted by Crippen LogP contribution is 2.02. The van der Waals surface area contributed by atoms with E-state index in [4.69, 9.17) is 11.6 Å². The standard InChI is InChI=1S/C9H15ClN2/c10-5-3-1-2-4-7-12-8-6-11-9-12/h6,8-9H,1-5,7H2. The van der Waals surface area contributed by atoms with E-state index in [1.165, 1.54) is 19.3 Å². The molecule has 0 spiro atoms. The van der Waals surface area contributed by atoms with Gasteiger partial charge in [0.05, 0.1) is 6.33 Å². The molecule has 0 unspecified atom stereocenters. The third kappa shape index (κ3) is 3.77. The SMILES string of the molecule is ClCCCCCCn1ccnc1. The molecule has 0 aliphatic rings. The van der Waals surface area contributed by atoms with Gasteiger partial charge in [-0.05, 0) is 12.8 Å². The molecule has 2 nitrogen and oxygen atoms in total. The molecule has 0 N–H and O–H groups in total. The van der Waals surface area contributed by atoms with Gasteiger partial charge in [0.25, 0.3) is 0 Å². The number of rotatable bonds is 6. The van der Waals surface area contributed by atoms with Crippen LogP contribution in [0.4, 0.5) is 0 Å². The Morgan fingerprint density at radius 3 is 2.67 bits per heavy atom. The summed E-state index contributed by atoms with van der Waals surface area (Å²) < 4.78 is 2.11. The maximum atomic E-state index is 5.56. The Morgan fingerprint density at radius 2 is 2.00 bits per heavy atom. The lowest BCUT2D eigenvalue weighted by Gasteiger charge is -2.00. The van der Waals surface area contributed by atoms with Gasteiger partial charge in [-0.1, -0.05) is 12.8 Å². The summed E-state index contributed by atoms with van der Waals surface area (Å²) in [5.74, 6) is 0.797. The first-order chi connectivity index (χ1) is 5.93. The van der Waals surface area contributed by atoms with E-state index in [1.54, 1.807) is 0 Å². The molecule has 1 aromatic rings. The molecule has 0 aliphatic carbocycles. The minimum absolute atomic E-state index is 0.797. The fourth-order valence-corrected chi connectivity index (χ4v) is 1.35. The van der Waals surface area contributed by atoms with Gasteiger partial charge in [-0.25, -0.2) is 4.98 Å². The molecule has 12 heavy (non-hydrogen) atoms. The molecule has 0 saturated heterocycles. The molecule has 1 aromatic heterocycles. The maximum Gasteiger partial charge on any atom is 0.0945 e. The van der Waals surface area contributed by atoms with Crippen LogP contribution in [-0.2, 0) is 6.54 Å². The molecule has 0 aliphatic heterocycles. The van der Waals surface area contributed by atoms with E-state index >= 15 is 0 Å². The van der Waals surface area contributed by atoms with Crippen LogP contribution in [0.15, 0.2) is 18.7 Å². The second kappa shape index (κ2) is 6.06. The van der Waals surface area contributed by atoms with E-state index in [2.05, 4.69) is 9.55 Å². The first-order valence-corrected chi connectivity index (χ1v) is 4.98. The quantitative estimate of drug-likeness (QED) is 0.494. The van der Waals surface area contributed by atoms with Crippen LogP contribution in [0.3, 0.4) is 0 Å². The van der Waals surface area contributed by atoms with Crippen molar-refractivity contribution < 1.29 is 0 Å². The van der Waals surface area contributed by atoms with Crippen LogP contribution >= 0.6 is 11.6 Å². The minimum Gasteiger partial charge on any atom is -0.337 e. The largest absolute Gasteiger partial charge is 0.337 e. The zero-order valence-electron chi connectivity index (χ0n) is 7.25. The van der Waals surface area contributed by atoms with Gasteiger partial charge in [-0.2, -0.15) is 0 Å². The Balaban J connectivity index is 1.96. The summed E-state index contributed by atoms with van der Waals surface area (Å²) in [6.07, 6.45) is 10.6. The number of nitrogens with zero attached hydrogens (tertiary/aromatic N) is 2. The normalized spacial score (nSPS) is 10.4. The Kier molecular flexibility index (Phi) is 4.85. The molecule has 3 heteroatoms. The van der Waals surface area contributed by atoms with Crippen molar-refractivity contribution in [2.24, 2.45) is 0 Å². The average molecular weight is 187 g/mol. The van der Waals surface area contributed by atoms with Gasteiger partial charge in [0, 0.05) is 24.8 Å². The van der Waals surface area contributed by atoms with Crippen LogP contribution in [0, 0.1) is 0 Å². The highest BCUT2D eigenvalue weighted by Gasteiger charge is 1.90. The first kappa shape index (κ1) is 9.59. The van der Waals surface area contributed by atoms with Crippen LogP contribution in [0.2, 0.25) is 0 Å². The predicted octanol–water partition coefficient (Wildman–Crippen LogP) is 2.68. The second-order valence-corrected chi connectivity index (χ2v) is 3.28. The smallest absolute Gasteiger partial charge is 0.0945 e. The maximum absolute atomic E-state index is 5.56. The molecule has 1 rings (SSSR count). The lowest BCUT2D eigenvalue weighted by molar-refractivity contribution is 0.583. The fraction of sp³-hybridized carbons (Fsp3) is 0.667. The number of alkyl halides is 1.